The van der Waals surface area contributed by atoms with Crippen molar-refractivity contribution in [3.63, 3.8) is 0 Å². The summed E-state index contributed by atoms with van der Waals surface area (Å²) in [5.41, 5.74) is 0.986. The van der Waals surface area contributed by atoms with Crippen LogP contribution in [0.4, 0.5) is 5.69 Å². The number of benzene rings is 2. The molecule has 0 radical (unpaired) electrons. The van der Waals surface area contributed by atoms with E-state index in [0.29, 0.717) is 17.0 Å². The van der Waals surface area contributed by atoms with E-state index in [0.717, 1.165) is 19.3 Å². The van der Waals surface area contributed by atoms with E-state index in [1.807, 2.05) is 19.9 Å². The first-order valence-electron chi connectivity index (χ1n) is 9.44. The smallest absolute Gasteiger partial charge is 0.259 e. The van der Waals surface area contributed by atoms with Crippen LogP contribution in [0.1, 0.15) is 43.5 Å². The zero-order valence-electron chi connectivity index (χ0n) is 16.4. The molecule has 150 valence electrons. The first-order valence-corrected chi connectivity index (χ1v) is 10.9. The molecule has 2 aromatic rings. The van der Waals surface area contributed by atoms with Crippen molar-refractivity contribution in [2.24, 2.45) is 0 Å². The fourth-order valence-electron chi connectivity index (χ4n) is 2.78. The Morgan fingerprint density at radius 3 is 2.32 bits per heavy atom. The van der Waals surface area contributed by atoms with Crippen molar-refractivity contribution in [1.82, 2.24) is 4.31 Å². The van der Waals surface area contributed by atoms with Gasteiger partial charge in [0.2, 0.25) is 10.0 Å². The molecule has 0 bridgehead atoms. The summed E-state index contributed by atoms with van der Waals surface area (Å²) < 4.78 is 32.3. The first-order chi connectivity index (χ1) is 13.3. The van der Waals surface area contributed by atoms with Crippen molar-refractivity contribution in [3.05, 3.63) is 54.1 Å². The number of carbonyl (C=O) groups excluding carboxylic acids is 1. The van der Waals surface area contributed by atoms with Gasteiger partial charge in [-0.05, 0) is 69.5 Å². The molecular formula is C21H26N2O4S. The predicted molar refractivity (Wildman–Crippen MR) is 109 cm³/mol. The number of para-hydroxylation sites is 1. The number of nitrogens with zero attached hydrogens (tertiary/aromatic N) is 1. The van der Waals surface area contributed by atoms with Gasteiger partial charge in [-0.25, -0.2) is 8.42 Å². The van der Waals surface area contributed by atoms with Crippen LogP contribution in [0.25, 0.3) is 0 Å². The highest BCUT2D eigenvalue weighted by molar-refractivity contribution is 7.89. The molecule has 0 spiro atoms. The molecule has 1 fully saturated rings. The summed E-state index contributed by atoms with van der Waals surface area (Å²) in [7, 11) is -2.00. The summed E-state index contributed by atoms with van der Waals surface area (Å²) >= 11 is 0. The third-order valence-corrected chi connectivity index (χ3v) is 7.04. The van der Waals surface area contributed by atoms with Crippen LogP contribution in [0.5, 0.6) is 5.75 Å². The summed E-state index contributed by atoms with van der Waals surface area (Å²) in [5.74, 6) is 0.285. The maximum absolute atomic E-state index is 12.7. The zero-order valence-corrected chi connectivity index (χ0v) is 17.2. The van der Waals surface area contributed by atoms with Gasteiger partial charge in [0.1, 0.15) is 5.75 Å². The third-order valence-electron chi connectivity index (χ3n) is 4.99. The van der Waals surface area contributed by atoms with Crippen LogP contribution >= 0.6 is 0 Å². The molecule has 6 nitrogen and oxygen atoms in total. The number of carbonyl (C=O) groups is 1. The van der Waals surface area contributed by atoms with Gasteiger partial charge in [-0.1, -0.05) is 12.1 Å². The second-order valence-corrected chi connectivity index (χ2v) is 9.26. The van der Waals surface area contributed by atoms with Gasteiger partial charge < -0.3 is 10.1 Å². The number of nitrogens with one attached hydrogen (secondary N) is 1. The van der Waals surface area contributed by atoms with E-state index in [1.165, 1.54) is 16.4 Å². The molecule has 1 N–H and O–H groups in total. The number of ether oxygens (including phenoxy) is 1. The highest BCUT2D eigenvalue weighted by Crippen LogP contribution is 2.28. The van der Waals surface area contributed by atoms with E-state index in [2.05, 4.69) is 5.32 Å². The number of rotatable bonds is 7. The molecule has 1 aliphatic carbocycles. The van der Waals surface area contributed by atoms with Gasteiger partial charge in [-0.3, -0.25) is 4.79 Å². The van der Waals surface area contributed by atoms with E-state index >= 15 is 0 Å². The fourth-order valence-corrected chi connectivity index (χ4v) is 4.15. The van der Waals surface area contributed by atoms with Crippen LogP contribution < -0.4 is 10.1 Å². The molecule has 0 aliphatic heterocycles. The molecular weight excluding hydrogens is 376 g/mol. The lowest BCUT2D eigenvalue weighted by Gasteiger charge is -2.27. The van der Waals surface area contributed by atoms with Gasteiger partial charge in [0.25, 0.3) is 5.91 Å². The monoisotopic (exact) mass is 402 g/mol. The second-order valence-electron chi connectivity index (χ2n) is 7.26. The van der Waals surface area contributed by atoms with Crippen molar-refractivity contribution < 1.29 is 17.9 Å². The van der Waals surface area contributed by atoms with Crippen molar-refractivity contribution in [2.45, 2.75) is 50.2 Å². The Kier molecular flexibility index (Phi) is 6.05. The third kappa shape index (κ3) is 4.36. The molecule has 1 aliphatic rings. The molecule has 0 aromatic heterocycles. The van der Waals surface area contributed by atoms with Crippen molar-refractivity contribution >= 4 is 21.6 Å². The average Bonchev–Trinajstić information content (AvgIpc) is 2.64. The number of amides is 1. The van der Waals surface area contributed by atoms with Crippen molar-refractivity contribution in [3.8, 4) is 5.75 Å². The highest BCUT2D eigenvalue weighted by atomic mass is 32.2. The lowest BCUT2D eigenvalue weighted by atomic mass is 9.96. The summed E-state index contributed by atoms with van der Waals surface area (Å²) in [6.45, 7) is 3.63. The van der Waals surface area contributed by atoms with Gasteiger partial charge in [-0.2, -0.15) is 4.31 Å². The molecule has 7 heteroatoms. The Morgan fingerprint density at radius 1 is 1.11 bits per heavy atom. The summed E-state index contributed by atoms with van der Waals surface area (Å²) in [4.78, 5) is 12.9. The fraction of sp³-hybridized carbons (Fsp3) is 0.381. The lowest BCUT2D eigenvalue weighted by Crippen LogP contribution is -2.33. The Morgan fingerprint density at radius 2 is 1.75 bits per heavy atom. The molecule has 1 saturated carbocycles. The van der Waals surface area contributed by atoms with E-state index in [1.54, 1.807) is 37.4 Å². The van der Waals surface area contributed by atoms with Gasteiger partial charge in [0, 0.05) is 18.8 Å². The normalized spacial score (nSPS) is 14.8. The highest BCUT2D eigenvalue weighted by Gasteiger charge is 2.24. The minimum atomic E-state index is -3.55. The maximum Gasteiger partial charge on any atom is 0.259 e. The summed E-state index contributed by atoms with van der Waals surface area (Å²) in [6.07, 6.45) is 3.35. The van der Waals surface area contributed by atoms with E-state index in [-0.39, 0.29) is 22.9 Å². The van der Waals surface area contributed by atoms with Crippen LogP contribution in [0.3, 0.4) is 0 Å². The molecule has 1 amide bonds. The van der Waals surface area contributed by atoms with E-state index < -0.39 is 10.0 Å². The van der Waals surface area contributed by atoms with Crippen LogP contribution in [-0.2, 0) is 10.0 Å². The van der Waals surface area contributed by atoms with Crippen LogP contribution in [0, 0.1) is 0 Å². The molecule has 0 atom stereocenters. The zero-order chi connectivity index (χ0) is 20.3. The second kappa shape index (κ2) is 8.32. The van der Waals surface area contributed by atoms with Gasteiger partial charge >= 0.3 is 0 Å². The average molecular weight is 403 g/mol. The Hall–Kier alpha value is -2.38. The van der Waals surface area contributed by atoms with Crippen molar-refractivity contribution in [1.29, 1.82) is 0 Å². The number of hydrogen-bond acceptors (Lipinski definition) is 4. The van der Waals surface area contributed by atoms with Crippen LogP contribution in [0.15, 0.2) is 53.4 Å². The standard InChI is InChI=1S/C21H26N2O4S/c1-15(2)23(3)28(25,26)18-13-11-16(12-14-18)22-21(24)19-9-4-5-10-20(19)27-17-7-6-8-17/h4-5,9-15,17H,6-8H2,1-3H3,(H,22,24). The first kappa shape index (κ1) is 20.4. The van der Waals surface area contributed by atoms with Crippen LogP contribution in [0.2, 0.25) is 0 Å². The quantitative estimate of drug-likeness (QED) is 0.762. The van der Waals surface area contributed by atoms with Gasteiger partial charge in [0.15, 0.2) is 0 Å². The topological polar surface area (TPSA) is 75.7 Å². The number of hydrogen-bond donors (Lipinski definition) is 1. The summed E-state index contributed by atoms with van der Waals surface area (Å²) in [6, 6.07) is 13.2. The molecule has 0 heterocycles. The number of sulfonamides is 1. The maximum atomic E-state index is 12.7. The molecule has 2 aromatic carbocycles. The predicted octanol–water partition coefficient (Wildman–Crippen LogP) is 3.90. The molecule has 3 rings (SSSR count). The lowest BCUT2D eigenvalue weighted by molar-refractivity contribution is 0.0992. The Labute approximate surface area is 166 Å². The SMILES string of the molecule is CC(C)N(C)S(=O)(=O)c1ccc(NC(=O)c2ccccc2OC2CCC2)cc1. The minimum absolute atomic E-state index is 0.142. The number of anilines is 1. The van der Waals surface area contributed by atoms with Gasteiger partial charge in [0.05, 0.1) is 16.6 Å². The van der Waals surface area contributed by atoms with E-state index in [4.69, 9.17) is 4.74 Å². The van der Waals surface area contributed by atoms with Gasteiger partial charge in [-0.15, -0.1) is 0 Å². The van der Waals surface area contributed by atoms with Crippen LogP contribution in [-0.4, -0.2) is 37.8 Å². The molecule has 0 saturated heterocycles. The minimum Gasteiger partial charge on any atom is -0.490 e. The van der Waals surface area contributed by atoms with E-state index in [9.17, 15) is 13.2 Å². The largest absolute Gasteiger partial charge is 0.490 e. The Bertz CT molecular complexity index is 935. The Balaban J connectivity index is 1.73. The molecule has 28 heavy (non-hydrogen) atoms. The summed E-state index contributed by atoms with van der Waals surface area (Å²) in [5, 5.41) is 2.81. The van der Waals surface area contributed by atoms with Crippen molar-refractivity contribution in [2.75, 3.05) is 12.4 Å². The molecule has 0 unspecified atom stereocenters.